The van der Waals surface area contributed by atoms with Gasteiger partial charge in [0, 0.05) is 5.56 Å². The third-order valence-corrected chi connectivity index (χ3v) is 3.98. The highest BCUT2D eigenvalue weighted by Gasteiger charge is 2.19. The van der Waals surface area contributed by atoms with Crippen LogP contribution in [0, 0.1) is 5.82 Å². The highest BCUT2D eigenvalue weighted by atomic mass is 19.1. The Labute approximate surface area is 155 Å². The Morgan fingerprint density at radius 3 is 2.48 bits per heavy atom. The molecule has 0 aliphatic carbocycles. The Kier molecular flexibility index (Phi) is 5.35. The van der Waals surface area contributed by atoms with Gasteiger partial charge >= 0.3 is 0 Å². The van der Waals surface area contributed by atoms with Crippen LogP contribution in [0.2, 0.25) is 0 Å². The van der Waals surface area contributed by atoms with Crippen LogP contribution < -0.4 is 14.8 Å². The summed E-state index contributed by atoms with van der Waals surface area (Å²) in [6.07, 6.45) is 0. The summed E-state index contributed by atoms with van der Waals surface area (Å²) in [4.78, 5) is 16.5. The first-order valence-corrected chi connectivity index (χ1v) is 8.14. The number of benzene rings is 2. The Hall–Kier alpha value is -3.42. The standard InChI is InChI=1S/C19H18FN3O4/c1-11(13-6-9-15(25-2)16(10-13)26-3)21-18(24)17-22-19(27-23-17)12-4-7-14(20)8-5-12/h4-11H,1-3H3,(H,21,24)/t11-/m1/s1. The minimum Gasteiger partial charge on any atom is -0.493 e. The zero-order chi connectivity index (χ0) is 19.4. The van der Waals surface area contributed by atoms with Crippen LogP contribution in [0.3, 0.4) is 0 Å². The fourth-order valence-corrected chi connectivity index (χ4v) is 2.49. The molecular formula is C19H18FN3O4. The van der Waals surface area contributed by atoms with Gasteiger partial charge in [-0.15, -0.1) is 0 Å². The lowest BCUT2D eigenvalue weighted by atomic mass is 10.1. The summed E-state index contributed by atoms with van der Waals surface area (Å²) in [6, 6.07) is 10.6. The molecule has 1 amide bonds. The van der Waals surface area contributed by atoms with Crippen LogP contribution in [0.5, 0.6) is 11.5 Å². The lowest BCUT2D eigenvalue weighted by Crippen LogP contribution is -2.27. The predicted octanol–water partition coefficient (Wildman–Crippen LogP) is 3.38. The van der Waals surface area contributed by atoms with Crippen molar-refractivity contribution in [2.24, 2.45) is 0 Å². The number of nitrogens with one attached hydrogen (secondary N) is 1. The first kappa shape index (κ1) is 18.4. The zero-order valence-electron chi connectivity index (χ0n) is 15.0. The van der Waals surface area contributed by atoms with E-state index in [1.54, 1.807) is 26.4 Å². The van der Waals surface area contributed by atoms with Gasteiger partial charge in [-0.2, -0.15) is 4.98 Å². The van der Waals surface area contributed by atoms with E-state index in [4.69, 9.17) is 14.0 Å². The van der Waals surface area contributed by atoms with Gasteiger partial charge in [-0.3, -0.25) is 4.79 Å². The number of hydrogen-bond donors (Lipinski definition) is 1. The normalized spacial score (nSPS) is 11.7. The highest BCUT2D eigenvalue weighted by molar-refractivity contribution is 5.90. The SMILES string of the molecule is COc1ccc([C@@H](C)NC(=O)c2noc(-c3ccc(F)cc3)n2)cc1OC. The van der Waals surface area contributed by atoms with E-state index in [1.807, 2.05) is 13.0 Å². The van der Waals surface area contributed by atoms with Crippen molar-refractivity contribution in [2.75, 3.05) is 14.2 Å². The molecule has 0 aliphatic heterocycles. The molecule has 1 aromatic heterocycles. The van der Waals surface area contributed by atoms with Crippen LogP contribution in [-0.4, -0.2) is 30.3 Å². The van der Waals surface area contributed by atoms with Gasteiger partial charge in [-0.25, -0.2) is 4.39 Å². The van der Waals surface area contributed by atoms with Gasteiger partial charge < -0.3 is 19.3 Å². The van der Waals surface area contributed by atoms with E-state index in [0.717, 1.165) is 5.56 Å². The molecule has 3 rings (SSSR count). The van der Waals surface area contributed by atoms with Crippen LogP contribution in [0.1, 0.15) is 29.1 Å². The summed E-state index contributed by atoms with van der Waals surface area (Å²) in [5.41, 5.74) is 1.35. The molecule has 7 nitrogen and oxygen atoms in total. The molecule has 1 N–H and O–H groups in total. The number of ether oxygens (including phenoxy) is 2. The lowest BCUT2D eigenvalue weighted by Gasteiger charge is -2.15. The van der Waals surface area contributed by atoms with Gasteiger partial charge in [0.25, 0.3) is 17.6 Å². The van der Waals surface area contributed by atoms with Crippen molar-refractivity contribution in [2.45, 2.75) is 13.0 Å². The number of rotatable bonds is 6. The third-order valence-electron chi connectivity index (χ3n) is 3.98. The van der Waals surface area contributed by atoms with Crippen molar-refractivity contribution >= 4 is 5.91 Å². The Bertz CT molecular complexity index is 940. The van der Waals surface area contributed by atoms with E-state index in [0.29, 0.717) is 17.1 Å². The first-order chi connectivity index (χ1) is 13.0. The number of hydrogen-bond acceptors (Lipinski definition) is 6. The van der Waals surface area contributed by atoms with E-state index in [-0.39, 0.29) is 23.6 Å². The Morgan fingerprint density at radius 2 is 1.81 bits per heavy atom. The summed E-state index contributed by atoms with van der Waals surface area (Å²) < 4.78 is 28.6. The fourth-order valence-electron chi connectivity index (χ4n) is 2.49. The minimum atomic E-state index is -0.491. The molecule has 3 aromatic rings. The number of halogens is 1. The third kappa shape index (κ3) is 4.05. The molecule has 0 fully saturated rings. The summed E-state index contributed by atoms with van der Waals surface area (Å²) >= 11 is 0. The maximum absolute atomic E-state index is 13.0. The lowest BCUT2D eigenvalue weighted by molar-refractivity contribution is 0.0926. The smallest absolute Gasteiger partial charge is 0.293 e. The van der Waals surface area contributed by atoms with Crippen molar-refractivity contribution in [1.82, 2.24) is 15.5 Å². The van der Waals surface area contributed by atoms with Crippen molar-refractivity contribution in [1.29, 1.82) is 0 Å². The number of carbonyl (C=O) groups excluding carboxylic acids is 1. The van der Waals surface area contributed by atoms with Gasteiger partial charge in [0.2, 0.25) is 0 Å². The monoisotopic (exact) mass is 371 g/mol. The van der Waals surface area contributed by atoms with E-state index >= 15 is 0 Å². The molecule has 8 heteroatoms. The van der Waals surface area contributed by atoms with Gasteiger partial charge in [0.05, 0.1) is 20.3 Å². The van der Waals surface area contributed by atoms with E-state index in [9.17, 15) is 9.18 Å². The first-order valence-electron chi connectivity index (χ1n) is 8.14. The molecule has 1 heterocycles. The molecule has 1 atom stereocenters. The molecule has 0 saturated carbocycles. The zero-order valence-corrected chi connectivity index (χ0v) is 15.0. The van der Waals surface area contributed by atoms with Crippen molar-refractivity contribution in [3.63, 3.8) is 0 Å². The predicted molar refractivity (Wildman–Crippen MR) is 95.1 cm³/mol. The summed E-state index contributed by atoms with van der Waals surface area (Å²) in [5.74, 6) is 0.325. The number of amides is 1. The fraction of sp³-hybridized carbons (Fsp3) is 0.211. The number of aromatic nitrogens is 2. The molecule has 27 heavy (non-hydrogen) atoms. The largest absolute Gasteiger partial charge is 0.493 e. The average molecular weight is 371 g/mol. The van der Waals surface area contributed by atoms with Gasteiger partial charge in [0.15, 0.2) is 11.5 Å². The summed E-state index contributed by atoms with van der Waals surface area (Å²) in [5, 5.41) is 6.48. The van der Waals surface area contributed by atoms with Crippen LogP contribution in [0.25, 0.3) is 11.5 Å². The van der Waals surface area contributed by atoms with Crippen LogP contribution in [0.4, 0.5) is 4.39 Å². The number of carbonyl (C=O) groups is 1. The number of methoxy groups -OCH3 is 2. The second-order valence-electron chi connectivity index (χ2n) is 5.74. The molecule has 0 bridgehead atoms. The molecule has 2 aromatic carbocycles. The van der Waals surface area contributed by atoms with E-state index < -0.39 is 5.91 Å². The van der Waals surface area contributed by atoms with Crippen LogP contribution in [-0.2, 0) is 0 Å². The minimum absolute atomic E-state index is 0.110. The molecule has 140 valence electrons. The van der Waals surface area contributed by atoms with Crippen LogP contribution >= 0.6 is 0 Å². The second kappa shape index (κ2) is 7.86. The maximum Gasteiger partial charge on any atom is 0.293 e. The summed E-state index contributed by atoms with van der Waals surface area (Å²) in [7, 11) is 3.10. The van der Waals surface area contributed by atoms with E-state index in [2.05, 4.69) is 15.5 Å². The molecule has 0 spiro atoms. The van der Waals surface area contributed by atoms with Gasteiger partial charge in [-0.05, 0) is 48.9 Å². The molecule has 0 radical (unpaired) electrons. The molecule has 0 aliphatic rings. The topological polar surface area (TPSA) is 86.5 Å². The Morgan fingerprint density at radius 1 is 1.11 bits per heavy atom. The summed E-state index contributed by atoms with van der Waals surface area (Å²) in [6.45, 7) is 1.82. The second-order valence-corrected chi connectivity index (χ2v) is 5.74. The van der Waals surface area contributed by atoms with Crippen molar-refractivity contribution in [3.05, 3.63) is 59.7 Å². The van der Waals surface area contributed by atoms with E-state index in [1.165, 1.54) is 24.3 Å². The quantitative estimate of drug-likeness (QED) is 0.715. The van der Waals surface area contributed by atoms with Crippen LogP contribution in [0.15, 0.2) is 47.0 Å². The molecule has 0 unspecified atom stereocenters. The number of nitrogens with zero attached hydrogens (tertiary/aromatic N) is 2. The van der Waals surface area contributed by atoms with Gasteiger partial charge in [0.1, 0.15) is 5.82 Å². The highest BCUT2D eigenvalue weighted by Crippen LogP contribution is 2.30. The average Bonchev–Trinajstić information content (AvgIpc) is 3.18. The van der Waals surface area contributed by atoms with Gasteiger partial charge in [-0.1, -0.05) is 11.2 Å². The molecule has 0 saturated heterocycles. The van der Waals surface area contributed by atoms with Crippen molar-refractivity contribution in [3.8, 4) is 23.0 Å². The Balaban J connectivity index is 1.73. The maximum atomic E-state index is 13.0. The van der Waals surface area contributed by atoms with Crippen molar-refractivity contribution < 1.29 is 23.2 Å². The molecular weight excluding hydrogens is 353 g/mol.